The topological polar surface area (TPSA) is 48.4 Å². The van der Waals surface area contributed by atoms with E-state index in [1.54, 1.807) is 19.5 Å². The smallest absolute Gasteiger partial charge is 0.339 e. The molecule has 0 unspecified atom stereocenters. The predicted octanol–water partition coefficient (Wildman–Crippen LogP) is 3.54. The molecule has 1 heterocycles. The highest BCUT2D eigenvalue weighted by molar-refractivity contribution is 6.08. The minimum absolute atomic E-state index is 0.113. The van der Waals surface area contributed by atoms with Gasteiger partial charge < -0.3 is 9.47 Å². The fraction of sp³-hybridized carbons (Fsp3) is 0.444. The van der Waals surface area contributed by atoms with Crippen LogP contribution in [0.1, 0.15) is 42.3 Å². The van der Waals surface area contributed by atoms with Crippen LogP contribution in [-0.2, 0) is 17.6 Å². The summed E-state index contributed by atoms with van der Waals surface area (Å²) in [5, 5.41) is 1.74. The molecule has 0 atom stereocenters. The lowest BCUT2D eigenvalue weighted by molar-refractivity contribution is 0.0527. The minimum Gasteiger partial charge on any atom is -0.496 e. The fourth-order valence-electron chi connectivity index (χ4n) is 3.48. The van der Waals surface area contributed by atoms with Crippen molar-refractivity contribution in [1.29, 1.82) is 0 Å². The van der Waals surface area contributed by atoms with E-state index < -0.39 is 0 Å². The van der Waals surface area contributed by atoms with Crippen molar-refractivity contribution in [2.75, 3.05) is 13.7 Å². The lowest BCUT2D eigenvalue weighted by Gasteiger charge is -2.16. The second kappa shape index (κ2) is 5.27. The van der Waals surface area contributed by atoms with Gasteiger partial charge >= 0.3 is 5.97 Å². The molecule has 1 aromatic heterocycles. The Labute approximate surface area is 130 Å². The minimum atomic E-state index is -0.254. The highest BCUT2D eigenvalue weighted by atomic mass is 16.5. The van der Waals surface area contributed by atoms with Gasteiger partial charge in [0.2, 0.25) is 0 Å². The van der Waals surface area contributed by atoms with Crippen molar-refractivity contribution < 1.29 is 14.3 Å². The van der Waals surface area contributed by atoms with E-state index in [0.29, 0.717) is 12.2 Å². The van der Waals surface area contributed by atoms with Gasteiger partial charge in [-0.3, -0.25) is 4.98 Å². The van der Waals surface area contributed by atoms with Crippen LogP contribution in [0.2, 0.25) is 0 Å². The molecule has 0 N–H and O–H groups in total. The maximum absolute atomic E-state index is 12.5. The summed E-state index contributed by atoms with van der Waals surface area (Å²) in [6, 6.07) is 1.87. The average Bonchev–Trinajstić information content (AvgIpc) is 2.78. The van der Waals surface area contributed by atoms with E-state index in [-0.39, 0.29) is 11.4 Å². The molecule has 4 heteroatoms. The SMILES string of the molecule is CCOC(=O)c1c2c(c(OC)c3cnccc13)CC(C)(C)C2. The molecule has 116 valence electrons. The van der Waals surface area contributed by atoms with Gasteiger partial charge in [-0.2, -0.15) is 0 Å². The van der Waals surface area contributed by atoms with E-state index in [0.717, 1.165) is 40.5 Å². The zero-order valence-electron chi connectivity index (χ0n) is 13.5. The number of methoxy groups -OCH3 is 1. The molecule has 0 spiro atoms. The Bertz CT molecular complexity index is 750. The number of carbonyl (C=O) groups excluding carboxylic acids is 1. The Morgan fingerprint density at radius 2 is 2.00 bits per heavy atom. The van der Waals surface area contributed by atoms with Gasteiger partial charge in [0.05, 0.1) is 19.3 Å². The molecule has 22 heavy (non-hydrogen) atoms. The molecule has 3 rings (SSSR count). The van der Waals surface area contributed by atoms with Crippen LogP contribution in [0.5, 0.6) is 5.75 Å². The number of benzene rings is 1. The first kappa shape index (κ1) is 14.8. The van der Waals surface area contributed by atoms with Gasteiger partial charge in [-0.15, -0.1) is 0 Å². The third-order valence-corrected chi connectivity index (χ3v) is 4.27. The Morgan fingerprint density at radius 1 is 1.27 bits per heavy atom. The summed E-state index contributed by atoms with van der Waals surface area (Å²) in [7, 11) is 1.68. The predicted molar refractivity (Wildman–Crippen MR) is 85.4 cm³/mol. The van der Waals surface area contributed by atoms with E-state index in [2.05, 4.69) is 18.8 Å². The number of rotatable bonds is 3. The third-order valence-electron chi connectivity index (χ3n) is 4.27. The molecule has 0 aliphatic heterocycles. The summed E-state index contributed by atoms with van der Waals surface area (Å²) in [6.07, 6.45) is 5.22. The number of fused-ring (bicyclic) bond motifs is 2. The first-order valence-electron chi connectivity index (χ1n) is 7.61. The van der Waals surface area contributed by atoms with E-state index in [1.807, 2.05) is 13.0 Å². The summed E-state index contributed by atoms with van der Waals surface area (Å²) in [4.78, 5) is 16.7. The quantitative estimate of drug-likeness (QED) is 0.813. The van der Waals surface area contributed by atoms with Crippen molar-refractivity contribution in [3.63, 3.8) is 0 Å². The Morgan fingerprint density at radius 3 is 2.68 bits per heavy atom. The van der Waals surface area contributed by atoms with E-state index in [9.17, 15) is 4.79 Å². The van der Waals surface area contributed by atoms with Crippen LogP contribution in [0.4, 0.5) is 0 Å². The van der Waals surface area contributed by atoms with E-state index >= 15 is 0 Å². The Hall–Kier alpha value is -2.10. The lowest BCUT2D eigenvalue weighted by atomic mass is 9.90. The second-order valence-electron chi connectivity index (χ2n) is 6.52. The number of aromatic nitrogens is 1. The maximum atomic E-state index is 12.5. The van der Waals surface area contributed by atoms with Gasteiger partial charge in [0.25, 0.3) is 0 Å². The second-order valence-corrected chi connectivity index (χ2v) is 6.52. The number of carbonyl (C=O) groups is 1. The molecule has 1 aliphatic rings. The standard InChI is InChI=1S/C18H21NO3/c1-5-22-17(20)15-11-6-7-19-10-14(11)16(21-4)13-9-18(2,3)8-12(13)15/h6-7,10H,5,8-9H2,1-4H3. The first-order valence-corrected chi connectivity index (χ1v) is 7.61. The zero-order chi connectivity index (χ0) is 15.9. The van der Waals surface area contributed by atoms with E-state index in [4.69, 9.17) is 9.47 Å². The van der Waals surface area contributed by atoms with Crippen LogP contribution in [0.15, 0.2) is 18.5 Å². The van der Waals surface area contributed by atoms with E-state index in [1.165, 1.54) is 0 Å². The number of esters is 1. The van der Waals surface area contributed by atoms with Crippen LogP contribution < -0.4 is 4.74 Å². The van der Waals surface area contributed by atoms with Crippen molar-refractivity contribution in [1.82, 2.24) is 4.98 Å². The highest BCUT2D eigenvalue weighted by Crippen LogP contribution is 2.46. The van der Waals surface area contributed by atoms with Crippen LogP contribution in [-0.4, -0.2) is 24.7 Å². The number of pyridine rings is 1. The highest BCUT2D eigenvalue weighted by Gasteiger charge is 2.36. The summed E-state index contributed by atoms with van der Waals surface area (Å²) in [5.41, 5.74) is 2.98. The molecular formula is C18H21NO3. The number of hydrogen-bond acceptors (Lipinski definition) is 4. The third kappa shape index (κ3) is 2.23. The zero-order valence-corrected chi connectivity index (χ0v) is 13.5. The van der Waals surface area contributed by atoms with Gasteiger partial charge in [-0.05, 0) is 42.4 Å². The van der Waals surface area contributed by atoms with Crippen LogP contribution in [0.3, 0.4) is 0 Å². The summed E-state index contributed by atoms with van der Waals surface area (Å²) >= 11 is 0. The molecule has 0 saturated carbocycles. The molecule has 4 nitrogen and oxygen atoms in total. The molecule has 0 fully saturated rings. The summed E-state index contributed by atoms with van der Waals surface area (Å²) in [6.45, 7) is 6.62. The maximum Gasteiger partial charge on any atom is 0.339 e. The summed E-state index contributed by atoms with van der Waals surface area (Å²) in [5.74, 6) is 0.590. The van der Waals surface area contributed by atoms with Crippen LogP contribution in [0, 0.1) is 5.41 Å². The molecule has 2 aromatic rings. The van der Waals surface area contributed by atoms with Crippen molar-refractivity contribution in [2.45, 2.75) is 33.6 Å². The molecule has 1 aliphatic carbocycles. The molecular weight excluding hydrogens is 278 g/mol. The molecule has 0 amide bonds. The molecule has 1 aromatic carbocycles. The van der Waals surface area contributed by atoms with Crippen molar-refractivity contribution in [3.8, 4) is 5.75 Å². The van der Waals surface area contributed by atoms with Gasteiger partial charge in [-0.1, -0.05) is 13.8 Å². The number of hydrogen-bond donors (Lipinski definition) is 0. The average molecular weight is 299 g/mol. The van der Waals surface area contributed by atoms with Gasteiger partial charge in [-0.25, -0.2) is 4.79 Å². The Balaban J connectivity index is 2.37. The normalized spacial score (nSPS) is 15.6. The van der Waals surface area contributed by atoms with Gasteiger partial charge in [0.1, 0.15) is 5.75 Å². The van der Waals surface area contributed by atoms with Gasteiger partial charge in [0, 0.05) is 23.2 Å². The summed E-state index contributed by atoms with van der Waals surface area (Å²) < 4.78 is 11.0. The monoisotopic (exact) mass is 299 g/mol. The fourth-order valence-corrected chi connectivity index (χ4v) is 3.48. The van der Waals surface area contributed by atoms with Crippen molar-refractivity contribution in [3.05, 3.63) is 35.2 Å². The van der Waals surface area contributed by atoms with Crippen LogP contribution in [0.25, 0.3) is 10.8 Å². The van der Waals surface area contributed by atoms with Gasteiger partial charge in [0.15, 0.2) is 0 Å². The van der Waals surface area contributed by atoms with Crippen molar-refractivity contribution >= 4 is 16.7 Å². The molecule has 0 radical (unpaired) electrons. The Kier molecular flexibility index (Phi) is 3.55. The number of ether oxygens (including phenoxy) is 2. The van der Waals surface area contributed by atoms with Crippen molar-refractivity contribution in [2.24, 2.45) is 5.41 Å². The largest absolute Gasteiger partial charge is 0.496 e. The van der Waals surface area contributed by atoms with Crippen LogP contribution >= 0.6 is 0 Å². The molecule has 0 saturated heterocycles. The number of nitrogens with zero attached hydrogens (tertiary/aromatic N) is 1. The lowest BCUT2D eigenvalue weighted by Crippen LogP contribution is -2.12. The molecule has 0 bridgehead atoms. The first-order chi connectivity index (χ1) is 10.5.